The number of para-hydroxylation sites is 1. The van der Waals surface area contributed by atoms with E-state index in [-0.39, 0.29) is 17.9 Å². The molecule has 3 aromatic carbocycles. The van der Waals surface area contributed by atoms with E-state index in [1.807, 2.05) is 0 Å². The Kier molecular flexibility index (Phi) is 8.05. The number of hydrogen-bond donors (Lipinski definition) is 6. The lowest BCUT2D eigenvalue weighted by Crippen LogP contribution is -2.32. The molecule has 0 bridgehead atoms. The second kappa shape index (κ2) is 11.8. The molecule has 0 saturated carbocycles. The van der Waals surface area contributed by atoms with Gasteiger partial charge in [0.2, 0.25) is 11.8 Å². The molecule has 0 saturated heterocycles. The van der Waals surface area contributed by atoms with E-state index < -0.39 is 29.8 Å². The molecule has 0 aliphatic heterocycles. The normalized spacial score (nSPS) is 11.7. The van der Waals surface area contributed by atoms with Crippen LogP contribution < -0.4 is 16.4 Å². The summed E-state index contributed by atoms with van der Waals surface area (Å²) in [6, 6.07) is 17.9. The number of aromatic carboxylic acids is 1. The van der Waals surface area contributed by atoms with Crippen molar-refractivity contribution < 1.29 is 29.4 Å². The molecule has 0 aliphatic carbocycles. The predicted octanol–water partition coefficient (Wildman–Crippen LogP) is 3.22. The Bertz CT molecular complexity index is 1640. The number of hydrogen-bond acceptors (Lipinski definition) is 5. The largest absolute Gasteiger partial charge is 0.479 e. The zero-order valence-electron chi connectivity index (χ0n) is 21.0. The van der Waals surface area contributed by atoms with Crippen molar-refractivity contribution in [2.75, 3.05) is 5.32 Å². The number of anilines is 1. The van der Waals surface area contributed by atoms with Crippen LogP contribution in [0, 0.1) is 5.41 Å². The third-order valence-corrected chi connectivity index (χ3v) is 6.03. The molecule has 11 heteroatoms. The molecule has 0 unspecified atom stereocenters. The molecule has 11 nitrogen and oxygen atoms in total. The Morgan fingerprint density at radius 1 is 0.950 bits per heavy atom. The number of nitrogens with zero attached hydrogens (tertiary/aromatic N) is 1. The van der Waals surface area contributed by atoms with Crippen LogP contribution in [0.2, 0.25) is 0 Å². The average Bonchev–Trinajstić information content (AvgIpc) is 3.30. The third-order valence-electron chi connectivity index (χ3n) is 6.03. The second-order valence-corrected chi connectivity index (χ2v) is 8.78. The molecule has 4 aromatic rings. The maximum absolute atomic E-state index is 12.8. The van der Waals surface area contributed by atoms with E-state index in [9.17, 15) is 24.3 Å². The SMILES string of the molecule is N=C(N)c1cn(CC(=O)Nc2ccc(C(=O)O)cc2)c2c(/C=C/C(=O)N[C@H](C(=O)O)c3ccccc3)cccc12. The Morgan fingerprint density at radius 3 is 2.27 bits per heavy atom. The summed E-state index contributed by atoms with van der Waals surface area (Å²) in [5.74, 6) is -3.56. The number of amides is 2. The molecule has 4 rings (SSSR count). The van der Waals surface area contributed by atoms with E-state index in [1.54, 1.807) is 59.3 Å². The van der Waals surface area contributed by atoms with E-state index >= 15 is 0 Å². The number of carboxylic acid groups (broad SMARTS) is 2. The van der Waals surface area contributed by atoms with Gasteiger partial charge in [-0.3, -0.25) is 15.0 Å². The molecule has 1 heterocycles. The van der Waals surface area contributed by atoms with Crippen molar-refractivity contribution in [2.24, 2.45) is 5.73 Å². The molecule has 202 valence electrons. The topological polar surface area (TPSA) is 188 Å². The number of aliphatic carboxylic acids is 1. The van der Waals surface area contributed by atoms with Gasteiger partial charge in [0.05, 0.1) is 11.1 Å². The molecule has 1 atom stereocenters. The Labute approximate surface area is 228 Å². The van der Waals surface area contributed by atoms with Crippen molar-refractivity contribution >= 4 is 52.3 Å². The van der Waals surface area contributed by atoms with Crippen molar-refractivity contribution in [2.45, 2.75) is 12.6 Å². The maximum atomic E-state index is 12.8. The lowest BCUT2D eigenvalue weighted by molar-refractivity contribution is -0.141. The highest BCUT2D eigenvalue weighted by atomic mass is 16.4. The molecule has 0 aliphatic rings. The molecule has 1 aromatic heterocycles. The van der Waals surface area contributed by atoms with Gasteiger partial charge in [0, 0.05) is 28.9 Å². The summed E-state index contributed by atoms with van der Waals surface area (Å²) < 4.78 is 1.59. The number of nitrogens with one attached hydrogen (secondary N) is 3. The van der Waals surface area contributed by atoms with E-state index in [4.69, 9.17) is 16.2 Å². The zero-order valence-corrected chi connectivity index (χ0v) is 21.0. The lowest BCUT2D eigenvalue weighted by Gasteiger charge is -2.13. The quantitative estimate of drug-likeness (QED) is 0.101. The fourth-order valence-electron chi connectivity index (χ4n) is 4.20. The smallest absolute Gasteiger partial charge is 0.335 e. The summed E-state index contributed by atoms with van der Waals surface area (Å²) in [6.45, 7) is -0.170. The predicted molar refractivity (Wildman–Crippen MR) is 149 cm³/mol. The standard InChI is InChI=1S/C29H25N5O6/c30-27(31)22-15-34(16-24(36)32-20-12-9-19(10-13-20)28(37)38)26-18(7-4-8-21(22)26)11-14-23(35)33-25(29(39)40)17-5-2-1-3-6-17/h1-15,25H,16H2,(H3,30,31)(H,32,36)(H,33,35)(H,37,38)(H,39,40)/b14-11+/t25-/m0/s1. The van der Waals surface area contributed by atoms with E-state index in [1.165, 1.54) is 36.4 Å². The first-order valence-corrected chi connectivity index (χ1v) is 12.0. The third kappa shape index (κ3) is 6.22. The number of fused-ring (bicyclic) bond motifs is 1. The Hall–Kier alpha value is -5.71. The average molecular weight is 540 g/mol. The monoisotopic (exact) mass is 539 g/mol. The minimum absolute atomic E-state index is 0.0828. The van der Waals surface area contributed by atoms with Crippen LogP contribution in [-0.2, 0) is 20.9 Å². The van der Waals surface area contributed by atoms with Crippen LogP contribution in [0.3, 0.4) is 0 Å². The second-order valence-electron chi connectivity index (χ2n) is 8.78. The first kappa shape index (κ1) is 27.3. The minimum Gasteiger partial charge on any atom is -0.479 e. The number of carboxylic acids is 2. The van der Waals surface area contributed by atoms with Crippen LogP contribution in [0.25, 0.3) is 17.0 Å². The van der Waals surface area contributed by atoms with E-state index in [2.05, 4.69) is 10.6 Å². The molecule has 40 heavy (non-hydrogen) atoms. The molecular formula is C29H25N5O6. The molecule has 0 fully saturated rings. The van der Waals surface area contributed by atoms with Crippen molar-refractivity contribution in [3.05, 3.63) is 107 Å². The number of carbonyl (C=O) groups is 4. The van der Waals surface area contributed by atoms with Crippen LogP contribution in [0.4, 0.5) is 5.69 Å². The van der Waals surface area contributed by atoms with Crippen LogP contribution in [0.1, 0.15) is 33.1 Å². The lowest BCUT2D eigenvalue weighted by atomic mass is 10.1. The number of rotatable bonds is 10. The summed E-state index contributed by atoms with van der Waals surface area (Å²) in [4.78, 5) is 48.3. The van der Waals surface area contributed by atoms with Gasteiger partial charge in [0.25, 0.3) is 0 Å². The molecule has 2 amide bonds. The summed E-state index contributed by atoms with van der Waals surface area (Å²) >= 11 is 0. The highest BCUT2D eigenvalue weighted by Gasteiger charge is 2.21. The number of aromatic nitrogens is 1. The van der Waals surface area contributed by atoms with Gasteiger partial charge in [-0.15, -0.1) is 0 Å². The molecule has 0 spiro atoms. The summed E-state index contributed by atoms with van der Waals surface area (Å²) in [5.41, 5.74) is 8.14. The summed E-state index contributed by atoms with van der Waals surface area (Å²) in [7, 11) is 0. The van der Waals surface area contributed by atoms with Gasteiger partial charge in [-0.25, -0.2) is 9.59 Å². The molecular weight excluding hydrogens is 514 g/mol. The van der Waals surface area contributed by atoms with Crippen LogP contribution in [-0.4, -0.2) is 44.4 Å². The Morgan fingerprint density at radius 2 is 1.65 bits per heavy atom. The van der Waals surface area contributed by atoms with E-state index in [0.717, 1.165) is 0 Å². The number of nitrogens with two attached hydrogens (primary N) is 1. The highest BCUT2D eigenvalue weighted by Crippen LogP contribution is 2.26. The van der Waals surface area contributed by atoms with Gasteiger partial charge in [-0.2, -0.15) is 0 Å². The van der Waals surface area contributed by atoms with Gasteiger partial charge >= 0.3 is 11.9 Å². The van der Waals surface area contributed by atoms with Gasteiger partial charge in [0.15, 0.2) is 6.04 Å². The summed E-state index contributed by atoms with van der Waals surface area (Å²) in [6.07, 6.45) is 4.25. The van der Waals surface area contributed by atoms with Gasteiger partial charge in [-0.05, 0) is 41.5 Å². The number of carbonyl (C=O) groups excluding carboxylic acids is 2. The van der Waals surface area contributed by atoms with Crippen molar-refractivity contribution in [3.63, 3.8) is 0 Å². The van der Waals surface area contributed by atoms with Gasteiger partial charge in [-0.1, -0.05) is 48.5 Å². The zero-order chi connectivity index (χ0) is 28.8. The van der Waals surface area contributed by atoms with Crippen molar-refractivity contribution in [3.8, 4) is 0 Å². The van der Waals surface area contributed by atoms with E-state index in [0.29, 0.717) is 33.3 Å². The van der Waals surface area contributed by atoms with Crippen LogP contribution >= 0.6 is 0 Å². The van der Waals surface area contributed by atoms with Crippen LogP contribution in [0.5, 0.6) is 0 Å². The fraction of sp³-hybridized carbons (Fsp3) is 0.0690. The van der Waals surface area contributed by atoms with Gasteiger partial charge in [0.1, 0.15) is 12.4 Å². The maximum Gasteiger partial charge on any atom is 0.335 e. The molecule has 0 radical (unpaired) electrons. The van der Waals surface area contributed by atoms with Crippen molar-refractivity contribution in [1.82, 2.24) is 9.88 Å². The fourth-order valence-corrected chi connectivity index (χ4v) is 4.20. The number of benzene rings is 3. The minimum atomic E-state index is -1.24. The Balaban J connectivity index is 1.59. The van der Waals surface area contributed by atoms with Crippen LogP contribution in [0.15, 0.2) is 85.1 Å². The van der Waals surface area contributed by atoms with Crippen molar-refractivity contribution in [1.29, 1.82) is 5.41 Å². The first-order valence-electron chi connectivity index (χ1n) is 12.0. The van der Waals surface area contributed by atoms with Gasteiger partial charge < -0.3 is 31.1 Å². The number of amidine groups is 1. The summed E-state index contributed by atoms with van der Waals surface area (Å²) in [5, 5.41) is 32.4. The first-order chi connectivity index (χ1) is 19.1. The number of nitrogen functional groups attached to an aromatic ring is 1. The molecule has 7 N–H and O–H groups in total. The highest BCUT2D eigenvalue weighted by molar-refractivity contribution is 6.10.